The highest BCUT2D eigenvalue weighted by atomic mass is 35.5. The summed E-state index contributed by atoms with van der Waals surface area (Å²) in [5.41, 5.74) is 2.82. The summed E-state index contributed by atoms with van der Waals surface area (Å²) in [6.07, 6.45) is 1.84. The van der Waals surface area contributed by atoms with E-state index in [4.69, 9.17) is 21.1 Å². The van der Waals surface area contributed by atoms with Gasteiger partial charge in [0.15, 0.2) is 6.61 Å². The number of carbonyl (C=O) groups is 1. The van der Waals surface area contributed by atoms with E-state index in [0.717, 1.165) is 55.2 Å². The number of aromatic nitrogens is 1. The lowest BCUT2D eigenvalue weighted by molar-refractivity contribution is -0.157. The molecule has 1 aromatic heterocycles. The van der Waals surface area contributed by atoms with E-state index in [-0.39, 0.29) is 12.6 Å². The average molecular weight is 494 g/mol. The van der Waals surface area contributed by atoms with Crippen molar-refractivity contribution in [3.8, 4) is 16.9 Å². The maximum Gasteiger partial charge on any atom is 0.344 e. The van der Waals surface area contributed by atoms with Crippen molar-refractivity contribution in [2.75, 3.05) is 37.7 Å². The second-order valence-corrected chi connectivity index (χ2v) is 10.1. The third kappa shape index (κ3) is 7.20. The molecule has 35 heavy (non-hydrogen) atoms. The van der Waals surface area contributed by atoms with Crippen molar-refractivity contribution >= 4 is 23.4 Å². The van der Waals surface area contributed by atoms with Gasteiger partial charge in [0.2, 0.25) is 0 Å². The van der Waals surface area contributed by atoms with Crippen LogP contribution < -0.4 is 9.64 Å². The van der Waals surface area contributed by atoms with Gasteiger partial charge in [-0.05, 0) is 73.9 Å². The van der Waals surface area contributed by atoms with Crippen LogP contribution in [0, 0.1) is 0 Å². The average Bonchev–Trinajstić information content (AvgIpc) is 2.84. The molecule has 1 aliphatic heterocycles. The smallest absolute Gasteiger partial charge is 0.344 e. The number of piperazine rings is 1. The van der Waals surface area contributed by atoms with Crippen LogP contribution in [0.25, 0.3) is 11.1 Å². The van der Waals surface area contributed by atoms with Gasteiger partial charge in [-0.2, -0.15) is 0 Å². The second-order valence-electron chi connectivity index (χ2n) is 9.65. The van der Waals surface area contributed by atoms with Crippen LogP contribution in [-0.4, -0.2) is 54.2 Å². The van der Waals surface area contributed by atoms with Crippen molar-refractivity contribution in [1.29, 1.82) is 0 Å². The molecule has 2 heterocycles. The molecule has 0 N–H and O–H groups in total. The molecule has 0 atom stereocenters. The van der Waals surface area contributed by atoms with Crippen molar-refractivity contribution in [2.24, 2.45) is 0 Å². The number of esters is 1. The number of rotatable bonds is 7. The van der Waals surface area contributed by atoms with E-state index in [1.165, 1.54) is 0 Å². The summed E-state index contributed by atoms with van der Waals surface area (Å²) >= 11 is 6.12. The molecule has 7 heteroatoms. The fraction of sp³-hybridized carbons (Fsp3) is 0.357. The van der Waals surface area contributed by atoms with Gasteiger partial charge in [0.1, 0.15) is 17.2 Å². The predicted octanol–water partition coefficient (Wildman–Crippen LogP) is 5.44. The van der Waals surface area contributed by atoms with Crippen molar-refractivity contribution < 1.29 is 14.3 Å². The van der Waals surface area contributed by atoms with Crippen LogP contribution in [0.15, 0.2) is 66.9 Å². The van der Waals surface area contributed by atoms with Crippen LogP contribution in [0.4, 0.5) is 5.82 Å². The minimum absolute atomic E-state index is 0.125. The molecule has 4 rings (SSSR count). The quantitative estimate of drug-likeness (QED) is 0.408. The first-order valence-electron chi connectivity index (χ1n) is 11.9. The highest BCUT2D eigenvalue weighted by Crippen LogP contribution is 2.30. The molecule has 0 spiro atoms. The van der Waals surface area contributed by atoms with Gasteiger partial charge in [0.05, 0.1) is 0 Å². The van der Waals surface area contributed by atoms with Gasteiger partial charge in [-0.15, -0.1) is 0 Å². The summed E-state index contributed by atoms with van der Waals surface area (Å²) < 4.78 is 11.2. The minimum atomic E-state index is -0.540. The lowest BCUT2D eigenvalue weighted by Crippen LogP contribution is -2.46. The summed E-state index contributed by atoms with van der Waals surface area (Å²) in [4.78, 5) is 21.4. The summed E-state index contributed by atoms with van der Waals surface area (Å²) in [6, 6.07) is 19.9. The zero-order valence-corrected chi connectivity index (χ0v) is 21.3. The van der Waals surface area contributed by atoms with E-state index < -0.39 is 5.60 Å². The van der Waals surface area contributed by atoms with Crippen molar-refractivity contribution in [1.82, 2.24) is 9.88 Å². The lowest BCUT2D eigenvalue weighted by Gasteiger charge is -2.35. The van der Waals surface area contributed by atoms with Gasteiger partial charge < -0.3 is 14.4 Å². The Morgan fingerprint density at radius 1 is 1.00 bits per heavy atom. The Kier molecular flexibility index (Phi) is 7.93. The van der Waals surface area contributed by atoms with Crippen LogP contribution in [-0.2, 0) is 16.1 Å². The van der Waals surface area contributed by atoms with Crippen LogP contribution in [0.1, 0.15) is 26.3 Å². The molecule has 0 radical (unpaired) electrons. The highest BCUT2D eigenvalue weighted by Gasteiger charge is 2.20. The van der Waals surface area contributed by atoms with Gasteiger partial charge in [-0.3, -0.25) is 4.90 Å². The number of pyridine rings is 1. The monoisotopic (exact) mass is 493 g/mol. The molecule has 0 aliphatic carbocycles. The molecule has 184 valence electrons. The summed E-state index contributed by atoms with van der Waals surface area (Å²) in [5, 5.41) is 0.707. The van der Waals surface area contributed by atoms with E-state index in [1.807, 2.05) is 81.6 Å². The SMILES string of the molecule is CC(C)(C)OC(=O)COc1ccc(-c2ccc(Cl)cc2)c(CN2CCN(c3ccccn3)CC2)c1. The topological polar surface area (TPSA) is 54.9 Å². The number of halogens is 1. The van der Waals surface area contributed by atoms with Gasteiger partial charge in [-0.25, -0.2) is 9.78 Å². The van der Waals surface area contributed by atoms with Crippen molar-refractivity contribution in [3.05, 3.63) is 77.4 Å². The molecule has 1 aliphatic rings. The highest BCUT2D eigenvalue weighted by molar-refractivity contribution is 6.30. The first-order chi connectivity index (χ1) is 16.8. The number of hydrogen-bond acceptors (Lipinski definition) is 6. The summed E-state index contributed by atoms with van der Waals surface area (Å²) in [6.45, 7) is 9.88. The van der Waals surface area contributed by atoms with Gasteiger partial charge in [0, 0.05) is 43.9 Å². The Morgan fingerprint density at radius 3 is 2.40 bits per heavy atom. The molecule has 0 amide bonds. The predicted molar refractivity (Wildman–Crippen MR) is 140 cm³/mol. The molecule has 0 saturated carbocycles. The number of carbonyl (C=O) groups excluding carboxylic acids is 1. The van der Waals surface area contributed by atoms with E-state index in [9.17, 15) is 4.79 Å². The summed E-state index contributed by atoms with van der Waals surface area (Å²) in [7, 11) is 0. The van der Waals surface area contributed by atoms with Crippen LogP contribution >= 0.6 is 11.6 Å². The minimum Gasteiger partial charge on any atom is -0.482 e. The first kappa shape index (κ1) is 25.0. The fourth-order valence-corrected chi connectivity index (χ4v) is 4.26. The Morgan fingerprint density at radius 2 is 1.74 bits per heavy atom. The van der Waals surface area contributed by atoms with Gasteiger partial charge in [0.25, 0.3) is 0 Å². The molecular weight excluding hydrogens is 462 g/mol. The molecular formula is C28H32ClN3O3. The van der Waals surface area contributed by atoms with Crippen LogP contribution in [0.5, 0.6) is 5.75 Å². The van der Waals surface area contributed by atoms with E-state index in [0.29, 0.717) is 10.8 Å². The van der Waals surface area contributed by atoms with Gasteiger partial charge >= 0.3 is 5.97 Å². The Hall–Kier alpha value is -3.09. The molecule has 0 unspecified atom stereocenters. The normalized spacial score (nSPS) is 14.6. The Bertz CT molecular complexity index is 1120. The Labute approximate surface area is 212 Å². The standard InChI is InChI=1S/C28H32ClN3O3/c1-28(2,3)35-27(33)20-34-24-11-12-25(21-7-9-23(29)10-8-21)22(18-24)19-31-14-16-32(17-15-31)26-6-4-5-13-30-26/h4-13,18H,14-17,19-20H2,1-3H3. The number of ether oxygens (including phenoxy) is 2. The number of anilines is 1. The van der Waals surface area contributed by atoms with Crippen molar-refractivity contribution in [3.63, 3.8) is 0 Å². The number of benzene rings is 2. The zero-order valence-electron chi connectivity index (χ0n) is 20.5. The maximum absolute atomic E-state index is 12.1. The number of nitrogens with zero attached hydrogens (tertiary/aromatic N) is 3. The molecule has 2 aromatic carbocycles. The number of hydrogen-bond donors (Lipinski definition) is 0. The zero-order chi connectivity index (χ0) is 24.8. The summed E-state index contributed by atoms with van der Waals surface area (Å²) in [5.74, 6) is 1.29. The van der Waals surface area contributed by atoms with E-state index in [2.05, 4.69) is 20.9 Å². The van der Waals surface area contributed by atoms with Crippen molar-refractivity contribution in [2.45, 2.75) is 32.9 Å². The molecule has 3 aromatic rings. The third-order valence-electron chi connectivity index (χ3n) is 5.75. The molecule has 1 fully saturated rings. The Balaban J connectivity index is 1.48. The molecule has 1 saturated heterocycles. The molecule has 6 nitrogen and oxygen atoms in total. The van der Waals surface area contributed by atoms with E-state index >= 15 is 0 Å². The first-order valence-corrected chi connectivity index (χ1v) is 12.3. The van der Waals surface area contributed by atoms with Crippen LogP contribution in [0.3, 0.4) is 0 Å². The second kappa shape index (κ2) is 11.1. The van der Waals surface area contributed by atoms with Crippen LogP contribution in [0.2, 0.25) is 5.02 Å². The maximum atomic E-state index is 12.1. The third-order valence-corrected chi connectivity index (χ3v) is 6.00. The molecule has 0 bridgehead atoms. The largest absolute Gasteiger partial charge is 0.482 e. The lowest BCUT2D eigenvalue weighted by atomic mass is 9.98. The van der Waals surface area contributed by atoms with E-state index in [1.54, 1.807) is 0 Å². The fourth-order valence-electron chi connectivity index (χ4n) is 4.13. The van der Waals surface area contributed by atoms with Gasteiger partial charge in [-0.1, -0.05) is 35.9 Å².